The standard InChI is InChI=1S/C20H15N3OS2/c24-18(21-20-23-22-19(26-20)16-11-12-25-13-16)17(14-7-3-1-4-8-14)15-9-5-2-6-10-15/h1-13,17H,(H,21,23,24). The normalized spacial score (nSPS) is 10.8. The predicted molar refractivity (Wildman–Crippen MR) is 107 cm³/mol. The second-order valence-electron chi connectivity index (χ2n) is 5.67. The minimum atomic E-state index is -0.397. The first kappa shape index (κ1) is 16.6. The molecule has 0 saturated heterocycles. The first-order valence-corrected chi connectivity index (χ1v) is 9.84. The molecule has 0 fully saturated rings. The molecule has 0 radical (unpaired) electrons. The van der Waals surface area contributed by atoms with E-state index in [9.17, 15) is 4.79 Å². The molecule has 0 aliphatic rings. The molecule has 0 spiro atoms. The van der Waals surface area contributed by atoms with Gasteiger partial charge in [0.2, 0.25) is 11.0 Å². The van der Waals surface area contributed by atoms with Crippen molar-refractivity contribution >= 4 is 33.7 Å². The maximum absolute atomic E-state index is 13.0. The predicted octanol–water partition coefficient (Wildman–Crippen LogP) is 5.04. The molecule has 0 saturated carbocycles. The molecule has 0 bridgehead atoms. The summed E-state index contributed by atoms with van der Waals surface area (Å²) in [6.07, 6.45) is 0. The first-order valence-electron chi connectivity index (χ1n) is 8.08. The van der Waals surface area contributed by atoms with Gasteiger partial charge in [-0.25, -0.2) is 0 Å². The quantitative estimate of drug-likeness (QED) is 0.530. The van der Waals surface area contributed by atoms with Crippen LogP contribution in [0.2, 0.25) is 0 Å². The smallest absolute Gasteiger partial charge is 0.238 e. The van der Waals surface area contributed by atoms with Crippen molar-refractivity contribution in [3.63, 3.8) is 0 Å². The maximum Gasteiger partial charge on any atom is 0.238 e. The Hall–Kier alpha value is -2.83. The third-order valence-electron chi connectivity index (χ3n) is 3.95. The van der Waals surface area contributed by atoms with Crippen molar-refractivity contribution in [3.8, 4) is 10.6 Å². The molecular weight excluding hydrogens is 362 g/mol. The fraction of sp³-hybridized carbons (Fsp3) is 0.0500. The van der Waals surface area contributed by atoms with Crippen molar-refractivity contribution in [2.75, 3.05) is 5.32 Å². The molecule has 0 aliphatic heterocycles. The number of aromatic nitrogens is 2. The molecule has 26 heavy (non-hydrogen) atoms. The number of benzene rings is 2. The number of hydrogen-bond acceptors (Lipinski definition) is 5. The van der Waals surface area contributed by atoms with Crippen LogP contribution in [0.15, 0.2) is 77.5 Å². The van der Waals surface area contributed by atoms with E-state index in [1.165, 1.54) is 11.3 Å². The van der Waals surface area contributed by atoms with Crippen molar-refractivity contribution in [1.82, 2.24) is 10.2 Å². The monoisotopic (exact) mass is 377 g/mol. The number of carbonyl (C=O) groups excluding carboxylic acids is 1. The number of nitrogens with zero attached hydrogens (tertiary/aromatic N) is 2. The van der Waals surface area contributed by atoms with Crippen LogP contribution < -0.4 is 5.32 Å². The van der Waals surface area contributed by atoms with Crippen LogP contribution in [0.1, 0.15) is 17.0 Å². The molecule has 4 aromatic rings. The fourth-order valence-electron chi connectivity index (χ4n) is 2.74. The van der Waals surface area contributed by atoms with Gasteiger partial charge in [-0.05, 0) is 22.6 Å². The summed E-state index contributed by atoms with van der Waals surface area (Å²) in [5.74, 6) is -0.513. The van der Waals surface area contributed by atoms with Gasteiger partial charge in [0, 0.05) is 10.9 Å². The minimum Gasteiger partial charge on any atom is -0.300 e. The lowest BCUT2D eigenvalue weighted by Crippen LogP contribution is -2.22. The number of anilines is 1. The van der Waals surface area contributed by atoms with E-state index in [2.05, 4.69) is 15.5 Å². The highest BCUT2D eigenvalue weighted by Crippen LogP contribution is 2.30. The maximum atomic E-state index is 13.0. The Morgan fingerprint density at radius 3 is 2.12 bits per heavy atom. The van der Waals surface area contributed by atoms with E-state index in [1.807, 2.05) is 77.5 Å². The lowest BCUT2D eigenvalue weighted by molar-refractivity contribution is -0.116. The number of amides is 1. The van der Waals surface area contributed by atoms with E-state index in [0.29, 0.717) is 5.13 Å². The summed E-state index contributed by atoms with van der Waals surface area (Å²) in [5, 5.41) is 16.6. The van der Waals surface area contributed by atoms with Crippen LogP contribution in [0.5, 0.6) is 0 Å². The Labute approximate surface area is 159 Å². The summed E-state index contributed by atoms with van der Waals surface area (Å²) in [6, 6.07) is 21.5. The van der Waals surface area contributed by atoms with Crippen molar-refractivity contribution in [3.05, 3.63) is 88.6 Å². The van der Waals surface area contributed by atoms with Crippen LogP contribution in [0.3, 0.4) is 0 Å². The van der Waals surface area contributed by atoms with Gasteiger partial charge in [0.05, 0.1) is 5.92 Å². The van der Waals surface area contributed by atoms with Gasteiger partial charge in [-0.2, -0.15) is 11.3 Å². The Kier molecular flexibility index (Phi) is 4.86. The summed E-state index contributed by atoms with van der Waals surface area (Å²) in [6.45, 7) is 0. The van der Waals surface area contributed by atoms with Gasteiger partial charge in [-0.3, -0.25) is 10.1 Å². The van der Waals surface area contributed by atoms with E-state index in [-0.39, 0.29) is 5.91 Å². The van der Waals surface area contributed by atoms with Crippen molar-refractivity contribution in [2.24, 2.45) is 0 Å². The highest BCUT2D eigenvalue weighted by atomic mass is 32.1. The molecule has 128 valence electrons. The molecule has 1 N–H and O–H groups in total. The number of nitrogens with one attached hydrogen (secondary N) is 1. The third kappa shape index (κ3) is 3.56. The number of thiophene rings is 1. The first-order chi connectivity index (χ1) is 12.8. The molecular formula is C20H15N3OS2. The van der Waals surface area contributed by atoms with Crippen LogP contribution in [-0.4, -0.2) is 16.1 Å². The molecule has 2 aromatic heterocycles. The van der Waals surface area contributed by atoms with E-state index >= 15 is 0 Å². The molecule has 0 aliphatic carbocycles. The Bertz CT molecular complexity index is 943. The lowest BCUT2D eigenvalue weighted by atomic mass is 9.90. The minimum absolute atomic E-state index is 0.115. The number of carbonyl (C=O) groups is 1. The molecule has 4 rings (SSSR count). The zero-order valence-corrected chi connectivity index (χ0v) is 15.3. The summed E-state index contributed by atoms with van der Waals surface area (Å²) in [4.78, 5) is 13.0. The topological polar surface area (TPSA) is 54.9 Å². The lowest BCUT2D eigenvalue weighted by Gasteiger charge is -2.16. The van der Waals surface area contributed by atoms with Crippen LogP contribution >= 0.6 is 22.7 Å². The summed E-state index contributed by atoms with van der Waals surface area (Å²) in [5.41, 5.74) is 2.91. The number of rotatable bonds is 5. The average molecular weight is 377 g/mol. The van der Waals surface area contributed by atoms with E-state index in [1.54, 1.807) is 11.3 Å². The Morgan fingerprint density at radius 1 is 0.885 bits per heavy atom. The average Bonchev–Trinajstić information content (AvgIpc) is 3.35. The van der Waals surface area contributed by atoms with Gasteiger partial charge in [0.1, 0.15) is 5.01 Å². The van der Waals surface area contributed by atoms with Crippen molar-refractivity contribution in [2.45, 2.75) is 5.92 Å². The van der Waals surface area contributed by atoms with Gasteiger partial charge in [0.25, 0.3) is 0 Å². The molecule has 2 heterocycles. The molecule has 0 unspecified atom stereocenters. The highest BCUT2D eigenvalue weighted by Gasteiger charge is 2.23. The van der Waals surface area contributed by atoms with Crippen LogP contribution in [0.25, 0.3) is 10.6 Å². The van der Waals surface area contributed by atoms with Crippen LogP contribution in [0, 0.1) is 0 Å². The molecule has 0 atom stereocenters. The van der Waals surface area contributed by atoms with Gasteiger partial charge in [-0.15, -0.1) is 10.2 Å². The molecule has 6 heteroatoms. The summed E-state index contributed by atoms with van der Waals surface area (Å²) in [7, 11) is 0. The third-order valence-corrected chi connectivity index (χ3v) is 5.52. The summed E-state index contributed by atoms with van der Waals surface area (Å²) >= 11 is 2.99. The van der Waals surface area contributed by atoms with Crippen molar-refractivity contribution in [1.29, 1.82) is 0 Å². The van der Waals surface area contributed by atoms with Crippen LogP contribution in [0.4, 0.5) is 5.13 Å². The fourth-order valence-corrected chi connectivity index (χ4v) is 4.20. The molecule has 4 nitrogen and oxygen atoms in total. The van der Waals surface area contributed by atoms with Gasteiger partial charge < -0.3 is 0 Å². The zero-order chi connectivity index (χ0) is 17.8. The number of hydrogen-bond donors (Lipinski definition) is 1. The Morgan fingerprint density at radius 2 is 1.54 bits per heavy atom. The highest BCUT2D eigenvalue weighted by molar-refractivity contribution is 7.19. The van der Waals surface area contributed by atoms with Crippen LogP contribution in [-0.2, 0) is 4.79 Å². The van der Waals surface area contributed by atoms with E-state index in [4.69, 9.17) is 0 Å². The largest absolute Gasteiger partial charge is 0.300 e. The van der Waals surface area contributed by atoms with Gasteiger partial charge in [-0.1, -0.05) is 72.0 Å². The van der Waals surface area contributed by atoms with Crippen molar-refractivity contribution < 1.29 is 4.79 Å². The van der Waals surface area contributed by atoms with Gasteiger partial charge in [0.15, 0.2) is 0 Å². The van der Waals surface area contributed by atoms with E-state index < -0.39 is 5.92 Å². The SMILES string of the molecule is O=C(Nc1nnc(-c2ccsc2)s1)C(c1ccccc1)c1ccccc1. The summed E-state index contributed by atoms with van der Waals surface area (Å²) < 4.78 is 0. The van der Waals surface area contributed by atoms with E-state index in [0.717, 1.165) is 21.7 Å². The molecule has 1 amide bonds. The second-order valence-corrected chi connectivity index (χ2v) is 7.43. The zero-order valence-electron chi connectivity index (χ0n) is 13.7. The second kappa shape index (κ2) is 7.59. The molecule has 2 aromatic carbocycles. The Balaban J connectivity index is 1.61. The van der Waals surface area contributed by atoms with Gasteiger partial charge >= 0.3 is 0 Å².